The zero-order chi connectivity index (χ0) is 68.0. The first-order valence-electron chi connectivity index (χ1n) is 37.6. The average molecular weight is 1260 g/mol. The van der Waals surface area contributed by atoms with Crippen molar-refractivity contribution in [2.45, 2.75) is 235 Å². The van der Waals surface area contributed by atoms with Crippen molar-refractivity contribution < 1.29 is 0 Å². The van der Waals surface area contributed by atoms with Gasteiger partial charge in [0.2, 0.25) is 0 Å². The molecule has 4 atom stereocenters. The predicted octanol–water partition coefficient (Wildman–Crippen LogP) is 27.5. The van der Waals surface area contributed by atoms with Crippen LogP contribution in [-0.4, -0.2) is 0 Å². The average Bonchev–Trinajstić information content (AvgIpc) is 1.56. The molecule has 4 unspecified atom stereocenters. The van der Waals surface area contributed by atoms with E-state index in [0.29, 0.717) is 11.8 Å². The number of rotatable bonds is 18. The Bertz CT molecular complexity index is 3820. The molecule has 0 saturated heterocycles. The number of fused-ring (bicyclic) bond motifs is 9. The summed E-state index contributed by atoms with van der Waals surface area (Å²) in [4.78, 5) is 0. The summed E-state index contributed by atoms with van der Waals surface area (Å²) < 4.78 is 0. The van der Waals surface area contributed by atoms with Crippen LogP contribution in [0.5, 0.6) is 0 Å². The molecular weight excluding hydrogens is 1140 g/mol. The van der Waals surface area contributed by atoms with Crippen molar-refractivity contribution in [2.75, 3.05) is 0 Å². The van der Waals surface area contributed by atoms with E-state index in [1.54, 1.807) is 16.7 Å². The molecule has 95 heavy (non-hydrogen) atoms. The summed E-state index contributed by atoms with van der Waals surface area (Å²) in [6.07, 6.45) is 35.3. The van der Waals surface area contributed by atoms with Gasteiger partial charge >= 0.3 is 0 Å². The quantitative estimate of drug-likeness (QED) is 0.0751. The molecule has 5 aliphatic rings. The Balaban J connectivity index is 0.000000207. The van der Waals surface area contributed by atoms with Crippen LogP contribution in [0.15, 0.2) is 242 Å². The molecule has 0 spiro atoms. The standard InChI is InChI=1S/C43H44.C39H40.C6H14.C3H8.2C2H6/c1-5-12-30-17-20-35(21-18-30)43(36-24-22-34(23-25-36)42(3,4)27-6-2)29-38(31-13-8-7-9-14-31)41-39(43)26-19-33-28-32-15-10-11-16-37(32)40(33)41;1-3-5-16-29(15-4-2)17-14-26-39(33-21-10-7-11-22-33)28-35(30-18-8-6-9-19-30)38-36(39)25-24-32-27-31-20-12-13-23-34(31)37(32)38;1-4-6(3)5-2;1-3-2;2*1-2/h7-11,13-26,38H,5-6,12,27-29H2,1-4H3;4,6-11,13-15,17-19,21-26,35H,3,5,12,16,20,27-28H2,1-2H3;6H,4-5H2,1-3H3;3H2,1-2H3;2*1-2H3/b;15-4-,26-14?,29-17+;;;;. The first-order chi connectivity index (χ1) is 46.4. The van der Waals surface area contributed by atoms with Crippen molar-refractivity contribution in [2.24, 2.45) is 5.92 Å². The van der Waals surface area contributed by atoms with E-state index in [9.17, 15) is 0 Å². The Kier molecular flexibility index (Phi) is 27.3. The summed E-state index contributed by atoms with van der Waals surface area (Å²) in [5, 5.41) is 0. The highest BCUT2D eigenvalue weighted by Gasteiger charge is 2.50. The maximum Gasteiger partial charge on any atom is 0.0463 e. The number of hydrogen-bond donors (Lipinski definition) is 0. The third-order valence-corrected chi connectivity index (χ3v) is 21.0. The minimum atomic E-state index is -0.222. The fourth-order valence-corrected chi connectivity index (χ4v) is 15.9. The molecule has 0 nitrogen and oxygen atoms in total. The van der Waals surface area contributed by atoms with Gasteiger partial charge in [0.05, 0.1) is 0 Å². The van der Waals surface area contributed by atoms with Crippen molar-refractivity contribution >= 4 is 5.57 Å². The lowest BCUT2D eigenvalue weighted by molar-refractivity contribution is 0.472. The molecule has 5 aliphatic carbocycles. The zero-order valence-corrected chi connectivity index (χ0v) is 61.5. The van der Waals surface area contributed by atoms with E-state index in [2.05, 4.69) is 307 Å². The largest absolute Gasteiger partial charge is 0.0874 e. The summed E-state index contributed by atoms with van der Waals surface area (Å²) >= 11 is 0. The third kappa shape index (κ3) is 16.1. The van der Waals surface area contributed by atoms with Gasteiger partial charge in [-0.25, -0.2) is 0 Å². The maximum atomic E-state index is 2.52. The van der Waals surface area contributed by atoms with E-state index in [4.69, 9.17) is 0 Å². The highest BCUT2D eigenvalue weighted by atomic mass is 14.5. The molecule has 8 aromatic carbocycles. The van der Waals surface area contributed by atoms with Crippen LogP contribution in [-0.2, 0) is 35.5 Å². The molecule has 0 amide bonds. The van der Waals surface area contributed by atoms with Gasteiger partial charge in [0.25, 0.3) is 0 Å². The molecule has 0 aliphatic heterocycles. The molecule has 0 heteroatoms. The number of unbranched alkanes of at least 4 members (excludes halogenated alkanes) is 1. The Morgan fingerprint density at radius 1 is 0.558 bits per heavy atom. The van der Waals surface area contributed by atoms with Gasteiger partial charge in [0.1, 0.15) is 0 Å². The van der Waals surface area contributed by atoms with Gasteiger partial charge in [0, 0.05) is 22.7 Å². The van der Waals surface area contributed by atoms with E-state index in [1.165, 1.54) is 159 Å². The molecule has 13 rings (SSSR count). The van der Waals surface area contributed by atoms with E-state index in [-0.39, 0.29) is 16.2 Å². The van der Waals surface area contributed by atoms with Crippen LogP contribution in [0.1, 0.15) is 283 Å². The zero-order valence-electron chi connectivity index (χ0n) is 61.5. The Labute approximate surface area is 579 Å². The van der Waals surface area contributed by atoms with Crippen LogP contribution in [0.4, 0.5) is 0 Å². The van der Waals surface area contributed by atoms with Crippen LogP contribution in [0, 0.1) is 5.92 Å². The number of allylic oxidation sites excluding steroid dienone is 10. The van der Waals surface area contributed by atoms with Gasteiger partial charge in [-0.2, -0.15) is 0 Å². The first kappa shape index (κ1) is 73.3. The van der Waals surface area contributed by atoms with Crippen molar-refractivity contribution in [3.05, 3.63) is 325 Å². The number of aryl methyl sites for hydroxylation is 1. The SMILES string of the molecule is C/C=C\C(=C/C=CC1(c2ccccc2)CC(c2ccccc2)c2c1ccc1c2C2=C(CCC=C2)C1)CCCC.CC.CC.CCC.CCC(C)CC.CCCc1ccc(C2(c3ccc(C(C)(C)CCC)cc3)CC(c3ccccc3)c3c2ccc2c3-c3ccccc3C2)cc1. The van der Waals surface area contributed by atoms with Gasteiger partial charge in [-0.1, -0.05) is 372 Å². The van der Waals surface area contributed by atoms with E-state index >= 15 is 0 Å². The summed E-state index contributed by atoms with van der Waals surface area (Å²) in [5.74, 6) is 1.62. The second kappa shape index (κ2) is 35.5. The lowest BCUT2D eigenvalue weighted by atomic mass is 9.68. The third-order valence-electron chi connectivity index (χ3n) is 21.0. The first-order valence-corrected chi connectivity index (χ1v) is 37.6. The second-order valence-corrected chi connectivity index (χ2v) is 27.7. The van der Waals surface area contributed by atoms with Gasteiger partial charge in [-0.3, -0.25) is 0 Å². The smallest absolute Gasteiger partial charge is 0.0463 e. The number of hydrogen-bond acceptors (Lipinski definition) is 0. The fourth-order valence-electron chi connectivity index (χ4n) is 15.9. The lowest BCUT2D eigenvalue weighted by Crippen LogP contribution is -2.27. The minimum Gasteiger partial charge on any atom is -0.0874 e. The summed E-state index contributed by atoms with van der Waals surface area (Å²) in [7, 11) is 0. The molecule has 0 radical (unpaired) electrons. The molecule has 498 valence electrons. The maximum absolute atomic E-state index is 2.52. The minimum absolute atomic E-state index is 0.171. The van der Waals surface area contributed by atoms with Crippen molar-refractivity contribution in [3.63, 3.8) is 0 Å². The normalized spacial score (nSPS) is 18.5. The van der Waals surface area contributed by atoms with E-state index in [0.717, 1.165) is 44.4 Å². The van der Waals surface area contributed by atoms with Crippen molar-refractivity contribution in [1.29, 1.82) is 0 Å². The van der Waals surface area contributed by atoms with Crippen LogP contribution >= 0.6 is 0 Å². The lowest BCUT2D eigenvalue weighted by Gasteiger charge is -2.34. The molecule has 0 bridgehead atoms. The molecule has 8 aromatic rings. The van der Waals surface area contributed by atoms with E-state index < -0.39 is 0 Å². The van der Waals surface area contributed by atoms with Gasteiger partial charge in [-0.05, 0) is 188 Å². The van der Waals surface area contributed by atoms with Crippen molar-refractivity contribution in [1.82, 2.24) is 0 Å². The Morgan fingerprint density at radius 2 is 1.12 bits per heavy atom. The van der Waals surface area contributed by atoms with Gasteiger partial charge in [0.15, 0.2) is 0 Å². The highest BCUT2D eigenvalue weighted by molar-refractivity contribution is 5.88. The van der Waals surface area contributed by atoms with Crippen LogP contribution in [0.3, 0.4) is 0 Å². The molecule has 0 N–H and O–H groups in total. The predicted molar refractivity (Wildman–Crippen MR) is 418 cm³/mol. The fraction of sp³-hybridized carbons (Fsp3) is 0.389. The molecular formula is C95H118. The molecule has 0 aromatic heterocycles. The molecule has 0 heterocycles. The van der Waals surface area contributed by atoms with Crippen molar-refractivity contribution in [3.8, 4) is 11.1 Å². The highest BCUT2D eigenvalue weighted by Crippen LogP contribution is 2.61. The monoisotopic (exact) mass is 1260 g/mol. The van der Waals surface area contributed by atoms with E-state index in [1.807, 2.05) is 27.7 Å². The number of benzene rings is 8. The Morgan fingerprint density at radius 3 is 1.69 bits per heavy atom. The summed E-state index contributed by atoms with van der Waals surface area (Å²) in [6, 6.07) is 72.2. The molecule has 0 fully saturated rings. The van der Waals surface area contributed by atoms with Crippen LogP contribution in [0.25, 0.3) is 16.7 Å². The van der Waals surface area contributed by atoms with Crippen LogP contribution < -0.4 is 0 Å². The topological polar surface area (TPSA) is 0 Å². The Hall–Kier alpha value is -7.54. The second-order valence-electron chi connectivity index (χ2n) is 27.7. The van der Waals surface area contributed by atoms with Gasteiger partial charge in [-0.15, -0.1) is 0 Å². The summed E-state index contributed by atoms with van der Waals surface area (Å²) in [6.45, 7) is 32.7. The van der Waals surface area contributed by atoms with Crippen LogP contribution in [0.2, 0.25) is 0 Å². The van der Waals surface area contributed by atoms with Gasteiger partial charge < -0.3 is 0 Å². The molecule has 0 saturated carbocycles. The summed E-state index contributed by atoms with van der Waals surface area (Å²) in [5.41, 5.74) is 29.3.